The van der Waals surface area contributed by atoms with Crippen LogP contribution in [-0.2, 0) is 0 Å². The molecule has 6 nitrogen and oxygen atoms in total. The maximum absolute atomic E-state index is 12.5. The number of carbonyl (C=O) groups excluding carboxylic acids is 1. The number of aromatic amines is 1. The third-order valence-corrected chi connectivity index (χ3v) is 4.83. The van der Waals surface area contributed by atoms with E-state index in [1.807, 2.05) is 12.1 Å². The van der Waals surface area contributed by atoms with Gasteiger partial charge in [0.15, 0.2) is 5.82 Å². The van der Waals surface area contributed by atoms with Crippen LogP contribution in [0.5, 0.6) is 0 Å². The Kier molecular flexibility index (Phi) is 3.84. The Morgan fingerprint density at radius 2 is 2.00 bits per heavy atom. The molecule has 2 fully saturated rings. The molecule has 0 radical (unpaired) electrons. The molecule has 24 heavy (non-hydrogen) atoms. The molecule has 1 aromatic carbocycles. The van der Waals surface area contributed by atoms with Crippen LogP contribution in [0.1, 0.15) is 47.8 Å². The molecule has 0 saturated heterocycles. The average molecular weight is 326 g/mol. The van der Waals surface area contributed by atoms with Crippen LogP contribution in [0, 0.1) is 5.92 Å². The van der Waals surface area contributed by atoms with Crippen LogP contribution in [0.2, 0.25) is 0 Å². The van der Waals surface area contributed by atoms with E-state index in [0.29, 0.717) is 29.8 Å². The van der Waals surface area contributed by atoms with Gasteiger partial charge in [0.25, 0.3) is 5.91 Å². The summed E-state index contributed by atoms with van der Waals surface area (Å²) in [5.74, 6) is 2.47. The van der Waals surface area contributed by atoms with Gasteiger partial charge in [0.1, 0.15) is 5.82 Å². The lowest BCUT2D eigenvalue weighted by Gasteiger charge is -2.20. The Balaban J connectivity index is 1.42. The van der Waals surface area contributed by atoms with Crippen molar-refractivity contribution in [1.29, 1.82) is 0 Å². The zero-order chi connectivity index (χ0) is 16.7. The molecule has 0 bridgehead atoms. The Hall–Kier alpha value is -2.21. The predicted octanol–water partition coefficient (Wildman–Crippen LogP) is 2.19. The maximum Gasteiger partial charge on any atom is 0.253 e. The molecular weight excluding hydrogens is 304 g/mol. The monoisotopic (exact) mass is 326 g/mol. The number of nitrogens with zero attached hydrogens (tertiary/aromatic N) is 3. The van der Waals surface area contributed by atoms with Gasteiger partial charge in [-0.3, -0.25) is 9.89 Å². The molecule has 1 atom stereocenters. The van der Waals surface area contributed by atoms with E-state index in [4.69, 9.17) is 0 Å². The fourth-order valence-corrected chi connectivity index (χ4v) is 2.92. The molecule has 2 aromatic rings. The number of aliphatic hydroxyl groups excluding tert-OH is 1. The van der Waals surface area contributed by atoms with Gasteiger partial charge in [-0.2, -0.15) is 5.10 Å². The maximum atomic E-state index is 12.5. The second-order valence-electron chi connectivity index (χ2n) is 6.99. The van der Waals surface area contributed by atoms with Gasteiger partial charge in [0, 0.05) is 30.6 Å². The zero-order valence-corrected chi connectivity index (χ0v) is 13.8. The van der Waals surface area contributed by atoms with E-state index in [1.165, 1.54) is 12.8 Å². The Morgan fingerprint density at radius 3 is 2.62 bits per heavy atom. The van der Waals surface area contributed by atoms with E-state index in [-0.39, 0.29) is 5.91 Å². The minimum absolute atomic E-state index is 0.0742. The number of H-pyrrole nitrogens is 1. The highest BCUT2D eigenvalue weighted by Gasteiger charge is 2.31. The van der Waals surface area contributed by atoms with E-state index < -0.39 is 6.10 Å². The van der Waals surface area contributed by atoms with Gasteiger partial charge in [0.2, 0.25) is 0 Å². The normalized spacial score (nSPS) is 18.4. The standard InChI is InChI=1S/C18H22N4O2/c1-22(10-15(23)11-2-3-11)18(24)14-8-6-13(7-9-14)17-19-16(20-21-17)12-4-5-12/h6-9,11-12,15,23H,2-5,10H2,1H3,(H,19,20,21)/t15-/m1/s1. The fraction of sp³-hybridized carbons (Fsp3) is 0.500. The lowest BCUT2D eigenvalue weighted by molar-refractivity contribution is 0.0645. The molecule has 0 spiro atoms. The first-order chi connectivity index (χ1) is 11.6. The van der Waals surface area contributed by atoms with Gasteiger partial charge in [-0.25, -0.2) is 4.98 Å². The lowest BCUT2D eigenvalue weighted by Crippen LogP contribution is -2.35. The number of rotatable bonds is 6. The first-order valence-electron chi connectivity index (χ1n) is 8.58. The first kappa shape index (κ1) is 15.3. The third-order valence-electron chi connectivity index (χ3n) is 4.83. The second-order valence-corrected chi connectivity index (χ2v) is 6.99. The van der Waals surface area contributed by atoms with Gasteiger partial charge >= 0.3 is 0 Å². The molecular formula is C18H22N4O2. The molecule has 2 N–H and O–H groups in total. The number of benzene rings is 1. The first-order valence-corrected chi connectivity index (χ1v) is 8.58. The molecule has 2 aliphatic rings. The summed E-state index contributed by atoms with van der Waals surface area (Å²) in [4.78, 5) is 18.6. The second kappa shape index (κ2) is 6.02. The fourth-order valence-electron chi connectivity index (χ4n) is 2.92. The summed E-state index contributed by atoms with van der Waals surface area (Å²) < 4.78 is 0. The number of hydrogen-bond acceptors (Lipinski definition) is 4. The van der Waals surface area contributed by atoms with Crippen molar-refractivity contribution in [2.75, 3.05) is 13.6 Å². The number of nitrogens with one attached hydrogen (secondary N) is 1. The van der Waals surface area contributed by atoms with Crippen LogP contribution >= 0.6 is 0 Å². The number of aromatic nitrogens is 3. The molecule has 0 aliphatic heterocycles. The van der Waals surface area contributed by atoms with Gasteiger partial charge in [-0.1, -0.05) is 12.1 Å². The molecule has 1 amide bonds. The highest BCUT2D eigenvalue weighted by Crippen LogP contribution is 2.38. The summed E-state index contributed by atoms with van der Waals surface area (Å²) in [7, 11) is 1.74. The number of aliphatic hydroxyl groups is 1. The topological polar surface area (TPSA) is 82.1 Å². The number of hydrogen-bond donors (Lipinski definition) is 2. The summed E-state index contributed by atoms with van der Waals surface area (Å²) in [5, 5.41) is 17.2. The van der Waals surface area contributed by atoms with Gasteiger partial charge < -0.3 is 10.0 Å². The lowest BCUT2D eigenvalue weighted by atomic mass is 10.1. The highest BCUT2D eigenvalue weighted by atomic mass is 16.3. The van der Waals surface area contributed by atoms with Crippen LogP contribution in [-0.4, -0.2) is 50.8 Å². The number of amides is 1. The zero-order valence-electron chi connectivity index (χ0n) is 13.8. The van der Waals surface area contributed by atoms with Crippen molar-refractivity contribution in [3.63, 3.8) is 0 Å². The smallest absolute Gasteiger partial charge is 0.253 e. The van der Waals surface area contributed by atoms with Crippen molar-refractivity contribution in [3.8, 4) is 11.4 Å². The van der Waals surface area contributed by atoms with E-state index in [0.717, 1.165) is 24.2 Å². The molecule has 1 aromatic heterocycles. The van der Waals surface area contributed by atoms with E-state index in [2.05, 4.69) is 15.2 Å². The van der Waals surface area contributed by atoms with Crippen LogP contribution in [0.25, 0.3) is 11.4 Å². The van der Waals surface area contributed by atoms with Crippen molar-refractivity contribution in [2.24, 2.45) is 5.92 Å². The predicted molar refractivity (Wildman–Crippen MR) is 89.5 cm³/mol. The molecule has 126 valence electrons. The van der Waals surface area contributed by atoms with Crippen LogP contribution in [0.3, 0.4) is 0 Å². The van der Waals surface area contributed by atoms with E-state index in [1.54, 1.807) is 24.1 Å². The van der Waals surface area contributed by atoms with Crippen molar-refractivity contribution >= 4 is 5.91 Å². The van der Waals surface area contributed by atoms with Gasteiger partial charge in [-0.05, 0) is 43.7 Å². The molecule has 2 aliphatic carbocycles. The quantitative estimate of drug-likeness (QED) is 0.852. The minimum Gasteiger partial charge on any atom is -0.391 e. The summed E-state index contributed by atoms with van der Waals surface area (Å²) in [5.41, 5.74) is 1.51. The van der Waals surface area contributed by atoms with Crippen molar-refractivity contribution < 1.29 is 9.90 Å². The van der Waals surface area contributed by atoms with Crippen LogP contribution in [0.15, 0.2) is 24.3 Å². The number of carbonyl (C=O) groups is 1. The van der Waals surface area contributed by atoms with E-state index >= 15 is 0 Å². The summed E-state index contributed by atoms with van der Waals surface area (Å²) >= 11 is 0. The highest BCUT2D eigenvalue weighted by molar-refractivity contribution is 5.94. The SMILES string of the molecule is CN(C[C@@H](O)C1CC1)C(=O)c1ccc(-c2n[nH]c(C3CC3)n2)cc1. The van der Waals surface area contributed by atoms with E-state index in [9.17, 15) is 9.90 Å². The minimum atomic E-state index is -0.410. The molecule has 6 heteroatoms. The van der Waals surface area contributed by atoms with Crippen LogP contribution < -0.4 is 0 Å². The molecule has 2 saturated carbocycles. The van der Waals surface area contributed by atoms with Crippen molar-refractivity contribution in [2.45, 2.75) is 37.7 Å². The summed E-state index contributed by atoms with van der Waals surface area (Å²) in [6.07, 6.45) is 4.09. The van der Waals surface area contributed by atoms with Gasteiger partial charge in [0.05, 0.1) is 6.10 Å². The summed E-state index contributed by atoms with van der Waals surface area (Å²) in [6, 6.07) is 7.34. The molecule has 0 unspecified atom stereocenters. The van der Waals surface area contributed by atoms with Crippen molar-refractivity contribution in [3.05, 3.63) is 35.7 Å². The average Bonchev–Trinajstić information content (AvgIpc) is 3.52. The summed E-state index contributed by atoms with van der Waals surface area (Å²) in [6.45, 7) is 0.386. The largest absolute Gasteiger partial charge is 0.391 e. The van der Waals surface area contributed by atoms with Crippen LogP contribution in [0.4, 0.5) is 0 Å². The van der Waals surface area contributed by atoms with Crippen molar-refractivity contribution in [1.82, 2.24) is 20.1 Å². The number of likely N-dealkylation sites (N-methyl/N-ethyl adjacent to an activating group) is 1. The Bertz CT molecular complexity index is 732. The molecule has 1 heterocycles. The third kappa shape index (κ3) is 3.19. The Labute approximate surface area is 140 Å². The molecule has 4 rings (SSSR count). The Morgan fingerprint density at radius 1 is 1.29 bits per heavy atom. The van der Waals surface area contributed by atoms with Gasteiger partial charge in [-0.15, -0.1) is 0 Å².